The van der Waals surface area contributed by atoms with Crippen LogP contribution in [0.5, 0.6) is 0 Å². The molecule has 2 atom stereocenters. The molecule has 0 bridgehead atoms. The van der Waals surface area contributed by atoms with Crippen molar-refractivity contribution in [1.29, 1.82) is 0 Å². The van der Waals surface area contributed by atoms with Crippen molar-refractivity contribution in [3.63, 3.8) is 0 Å². The average Bonchev–Trinajstić information content (AvgIpc) is 2.44. The fourth-order valence-corrected chi connectivity index (χ4v) is 3.26. The van der Waals surface area contributed by atoms with Crippen LogP contribution < -0.4 is 5.32 Å². The van der Waals surface area contributed by atoms with Crippen LogP contribution in [0.2, 0.25) is 0 Å². The molecule has 1 saturated heterocycles. The Labute approximate surface area is 140 Å². The number of alkyl halides is 3. The molecule has 1 aliphatic rings. The first-order chi connectivity index (χ1) is 10.9. The number of esters is 1. The van der Waals surface area contributed by atoms with Crippen LogP contribution in [0.1, 0.15) is 53.9 Å². The lowest BCUT2D eigenvalue weighted by Gasteiger charge is -2.51. The summed E-state index contributed by atoms with van der Waals surface area (Å²) >= 11 is 0. The van der Waals surface area contributed by atoms with Crippen molar-refractivity contribution in [2.24, 2.45) is 5.92 Å². The van der Waals surface area contributed by atoms with Gasteiger partial charge in [0.2, 0.25) is 0 Å². The number of carbonyl (C=O) groups excluding carboxylic acids is 2. The number of rotatable bonds is 4. The molecule has 0 aliphatic carbocycles. The van der Waals surface area contributed by atoms with Crippen LogP contribution in [-0.4, -0.2) is 47.3 Å². The Morgan fingerprint density at radius 3 is 2.25 bits per heavy atom. The third kappa shape index (κ3) is 4.62. The molecule has 24 heavy (non-hydrogen) atoms. The van der Waals surface area contributed by atoms with Gasteiger partial charge in [0.25, 0.3) is 0 Å². The largest absolute Gasteiger partial charge is 0.471 e. The molecule has 1 rings (SSSR count). The number of carbonyl (C=O) groups is 2. The standard InChI is InChI=1S/C16H27F3N2O3/c1-6-15(20-13(23)16(17,18)19)11(9-8-10-21(15)7-2)12(22)24-14(3,4)5/h11H,6-10H2,1-5H3,(H,20,23)/t11?,15-/m0/s1. The minimum absolute atomic E-state index is 0.173. The van der Waals surface area contributed by atoms with E-state index in [2.05, 4.69) is 5.32 Å². The highest BCUT2D eigenvalue weighted by molar-refractivity contribution is 5.84. The van der Waals surface area contributed by atoms with Crippen LogP contribution in [0.4, 0.5) is 13.2 Å². The topological polar surface area (TPSA) is 58.6 Å². The first-order valence-corrected chi connectivity index (χ1v) is 8.24. The minimum Gasteiger partial charge on any atom is -0.460 e. The highest BCUT2D eigenvalue weighted by Crippen LogP contribution is 2.37. The van der Waals surface area contributed by atoms with Crippen molar-refractivity contribution in [1.82, 2.24) is 10.2 Å². The number of nitrogens with one attached hydrogen (secondary N) is 1. The van der Waals surface area contributed by atoms with Crippen molar-refractivity contribution in [2.45, 2.75) is 71.3 Å². The van der Waals surface area contributed by atoms with Crippen molar-refractivity contribution in [3.05, 3.63) is 0 Å². The summed E-state index contributed by atoms with van der Waals surface area (Å²) in [6.45, 7) is 9.50. The molecule has 0 aromatic heterocycles. The third-order valence-electron chi connectivity index (χ3n) is 4.26. The smallest absolute Gasteiger partial charge is 0.460 e. The van der Waals surface area contributed by atoms with E-state index in [9.17, 15) is 22.8 Å². The van der Waals surface area contributed by atoms with Gasteiger partial charge >= 0.3 is 18.1 Å². The van der Waals surface area contributed by atoms with E-state index in [1.807, 2.05) is 0 Å². The van der Waals surface area contributed by atoms with Gasteiger partial charge in [0.1, 0.15) is 11.3 Å². The summed E-state index contributed by atoms with van der Waals surface area (Å²) in [6, 6.07) is 0. The zero-order chi connectivity index (χ0) is 18.8. The number of ether oxygens (including phenoxy) is 1. The molecule has 1 unspecified atom stereocenters. The molecule has 0 saturated carbocycles. The zero-order valence-electron chi connectivity index (χ0n) is 14.9. The second-order valence-electron chi connectivity index (χ2n) is 7.04. The highest BCUT2D eigenvalue weighted by atomic mass is 19.4. The number of halogens is 3. The summed E-state index contributed by atoms with van der Waals surface area (Å²) in [4.78, 5) is 25.9. The van der Waals surface area contributed by atoms with Gasteiger partial charge in [-0.2, -0.15) is 13.2 Å². The number of amides is 1. The normalized spacial score (nSPS) is 26.1. The van der Waals surface area contributed by atoms with Crippen LogP contribution in [0.15, 0.2) is 0 Å². The highest BCUT2D eigenvalue weighted by Gasteiger charge is 2.53. The van der Waals surface area contributed by atoms with E-state index in [1.54, 1.807) is 39.5 Å². The molecule has 0 spiro atoms. The molecule has 0 aromatic carbocycles. The molecular formula is C16H27F3N2O3. The fourth-order valence-electron chi connectivity index (χ4n) is 3.26. The average molecular weight is 352 g/mol. The number of piperidine rings is 1. The van der Waals surface area contributed by atoms with Gasteiger partial charge in [-0.15, -0.1) is 0 Å². The molecule has 0 radical (unpaired) electrons. The number of nitrogens with zero attached hydrogens (tertiary/aromatic N) is 1. The number of hydrogen-bond donors (Lipinski definition) is 1. The SMILES string of the molecule is CCN1CCCC(C(=O)OC(C)(C)C)[C@@]1(CC)NC(=O)C(F)(F)F. The van der Waals surface area contributed by atoms with E-state index in [0.29, 0.717) is 25.9 Å². The molecule has 8 heteroatoms. The maximum Gasteiger partial charge on any atom is 0.471 e. The predicted octanol–water partition coefficient (Wildman–Crippen LogP) is 2.84. The predicted molar refractivity (Wildman–Crippen MR) is 83.0 cm³/mol. The molecule has 1 fully saturated rings. The van der Waals surface area contributed by atoms with E-state index in [0.717, 1.165) is 0 Å². The zero-order valence-corrected chi connectivity index (χ0v) is 14.9. The first-order valence-electron chi connectivity index (χ1n) is 8.24. The van der Waals surface area contributed by atoms with E-state index in [-0.39, 0.29) is 6.42 Å². The number of hydrogen-bond acceptors (Lipinski definition) is 4. The lowest BCUT2D eigenvalue weighted by atomic mass is 9.80. The molecule has 140 valence electrons. The third-order valence-corrected chi connectivity index (χ3v) is 4.26. The molecule has 5 nitrogen and oxygen atoms in total. The van der Waals surface area contributed by atoms with Crippen molar-refractivity contribution in [3.8, 4) is 0 Å². The van der Waals surface area contributed by atoms with Crippen molar-refractivity contribution in [2.75, 3.05) is 13.1 Å². The van der Waals surface area contributed by atoms with E-state index < -0.39 is 35.2 Å². The molecule has 0 aromatic rings. The van der Waals surface area contributed by atoms with Gasteiger partial charge in [0.15, 0.2) is 0 Å². The molecular weight excluding hydrogens is 325 g/mol. The van der Waals surface area contributed by atoms with Crippen LogP contribution in [0.3, 0.4) is 0 Å². The Morgan fingerprint density at radius 1 is 1.25 bits per heavy atom. The lowest BCUT2D eigenvalue weighted by molar-refractivity contribution is -0.187. The maximum absolute atomic E-state index is 12.8. The van der Waals surface area contributed by atoms with Crippen molar-refractivity contribution < 1.29 is 27.5 Å². The van der Waals surface area contributed by atoms with Gasteiger partial charge < -0.3 is 10.1 Å². The second-order valence-corrected chi connectivity index (χ2v) is 7.04. The molecule has 1 aliphatic heterocycles. The van der Waals surface area contributed by atoms with E-state index in [1.165, 1.54) is 0 Å². The molecule has 1 amide bonds. The Hall–Kier alpha value is -1.31. The first kappa shape index (κ1) is 20.7. The van der Waals surface area contributed by atoms with Gasteiger partial charge in [0, 0.05) is 6.54 Å². The van der Waals surface area contributed by atoms with Crippen LogP contribution >= 0.6 is 0 Å². The van der Waals surface area contributed by atoms with E-state index in [4.69, 9.17) is 4.74 Å². The second kappa shape index (κ2) is 7.29. The Kier molecular flexibility index (Phi) is 6.30. The Balaban J connectivity index is 3.22. The summed E-state index contributed by atoms with van der Waals surface area (Å²) in [5.41, 5.74) is -2.14. The monoisotopic (exact) mass is 352 g/mol. The minimum atomic E-state index is -5.00. The van der Waals surface area contributed by atoms with E-state index >= 15 is 0 Å². The van der Waals surface area contributed by atoms with Crippen LogP contribution in [0.25, 0.3) is 0 Å². The number of likely N-dealkylation sites (tertiary alicyclic amines) is 1. The maximum atomic E-state index is 12.8. The summed E-state index contributed by atoms with van der Waals surface area (Å²) in [5, 5.41) is 2.10. The van der Waals surface area contributed by atoms with Gasteiger partial charge in [-0.05, 0) is 46.6 Å². The summed E-state index contributed by atoms with van der Waals surface area (Å²) in [5.74, 6) is -3.45. The summed E-state index contributed by atoms with van der Waals surface area (Å²) < 4.78 is 43.8. The quantitative estimate of drug-likeness (QED) is 0.791. The van der Waals surface area contributed by atoms with Crippen LogP contribution in [-0.2, 0) is 14.3 Å². The Bertz CT molecular complexity index is 474. The fraction of sp³-hybridized carbons (Fsp3) is 0.875. The van der Waals surface area contributed by atoms with Gasteiger partial charge in [-0.25, -0.2) is 0 Å². The van der Waals surface area contributed by atoms with Crippen LogP contribution in [0, 0.1) is 5.92 Å². The lowest BCUT2D eigenvalue weighted by Crippen LogP contribution is -2.69. The summed E-state index contributed by atoms with van der Waals surface area (Å²) in [7, 11) is 0. The van der Waals surface area contributed by atoms with Gasteiger partial charge in [-0.3, -0.25) is 14.5 Å². The van der Waals surface area contributed by atoms with Gasteiger partial charge in [-0.1, -0.05) is 13.8 Å². The van der Waals surface area contributed by atoms with Crippen molar-refractivity contribution >= 4 is 11.9 Å². The Morgan fingerprint density at radius 2 is 1.83 bits per heavy atom. The molecule has 1 N–H and O–H groups in total. The summed E-state index contributed by atoms with van der Waals surface area (Å²) in [6.07, 6.45) is -3.80. The molecule has 1 heterocycles. The van der Waals surface area contributed by atoms with Gasteiger partial charge in [0.05, 0.1) is 5.92 Å².